The monoisotopic (exact) mass is 160 g/mol. The summed E-state index contributed by atoms with van der Waals surface area (Å²) in [5.41, 5.74) is 7.93. The molecule has 0 unspecified atom stereocenters. The van der Waals surface area contributed by atoms with Gasteiger partial charge in [0.1, 0.15) is 7.45 Å². The standard InChI is InChI=1S/C6H13N3O2/c1-6(2,9-8)3-4(7)5(10)11/h4,8H,3,7H2,1-2H3,(H,10,11)/t4-/m0/s1/i/hD. The van der Waals surface area contributed by atoms with Crippen LogP contribution in [-0.4, -0.2) is 22.7 Å². The zero-order valence-electron chi connectivity index (χ0n) is 7.59. The van der Waals surface area contributed by atoms with E-state index in [2.05, 4.69) is 5.11 Å². The van der Waals surface area contributed by atoms with Crippen molar-refractivity contribution in [1.29, 1.82) is 5.53 Å². The zero-order valence-corrected chi connectivity index (χ0v) is 6.59. The van der Waals surface area contributed by atoms with E-state index in [-0.39, 0.29) is 6.42 Å². The van der Waals surface area contributed by atoms with Crippen molar-refractivity contribution in [3.63, 3.8) is 0 Å². The summed E-state index contributed by atoms with van der Waals surface area (Å²) >= 11 is 0. The molecule has 0 radical (unpaired) electrons. The number of hydrogen-bond donors (Lipinski definition) is 3. The second kappa shape index (κ2) is 3.43. The highest BCUT2D eigenvalue weighted by Crippen LogP contribution is 2.14. The third kappa shape index (κ3) is 3.67. The van der Waals surface area contributed by atoms with Crippen LogP contribution >= 0.6 is 0 Å². The first kappa shape index (κ1) is 8.13. The zero-order chi connectivity index (χ0) is 9.78. The van der Waals surface area contributed by atoms with Crippen molar-refractivity contribution in [2.45, 2.75) is 31.8 Å². The average molecular weight is 160 g/mol. The van der Waals surface area contributed by atoms with Crippen LogP contribution in [0.3, 0.4) is 0 Å². The van der Waals surface area contributed by atoms with Crippen molar-refractivity contribution in [2.75, 3.05) is 0 Å². The van der Waals surface area contributed by atoms with Crippen LogP contribution < -0.4 is 5.73 Å². The molecule has 0 saturated heterocycles. The van der Waals surface area contributed by atoms with E-state index in [1.54, 1.807) is 13.8 Å². The number of carboxylic acids is 1. The van der Waals surface area contributed by atoms with E-state index in [1.165, 1.54) is 0 Å². The van der Waals surface area contributed by atoms with Crippen LogP contribution in [-0.2, 0) is 4.79 Å². The molecule has 64 valence electrons. The molecule has 0 aliphatic heterocycles. The molecule has 0 saturated carbocycles. The van der Waals surface area contributed by atoms with Gasteiger partial charge < -0.3 is 10.8 Å². The highest BCUT2D eigenvalue weighted by molar-refractivity contribution is 5.73. The van der Waals surface area contributed by atoms with Gasteiger partial charge in [0.15, 0.2) is 0 Å². The van der Waals surface area contributed by atoms with Gasteiger partial charge in [0.2, 0.25) is 0 Å². The largest absolute Gasteiger partial charge is 0.480 e. The number of hydrogen-bond acceptors (Lipinski definition) is 4. The number of rotatable bonds is 5. The lowest BCUT2D eigenvalue weighted by molar-refractivity contribution is -0.139. The Labute approximate surface area is 66.6 Å². The van der Waals surface area contributed by atoms with Gasteiger partial charge in [0.05, 0.1) is 5.54 Å². The minimum atomic E-state index is -1.10. The molecule has 0 rings (SSSR count). The summed E-state index contributed by atoms with van der Waals surface area (Å²) in [5.74, 6) is -1.10. The summed E-state index contributed by atoms with van der Waals surface area (Å²) in [6.07, 6.45) is 0.134. The number of nitrogens with two attached hydrogens (primary N) is 1. The Morgan fingerprint density at radius 3 is 2.82 bits per heavy atom. The first-order valence-corrected chi connectivity index (χ1v) is 3.21. The molecule has 11 heavy (non-hydrogen) atoms. The van der Waals surface area contributed by atoms with Crippen molar-refractivity contribution in [3.8, 4) is 0 Å². The lowest BCUT2D eigenvalue weighted by Crippen LogP contribution is -2.36. The molecule has 0 heterocycles. The Kier molecular flexibility index (Phi) is 2.53. The second-order valence-corrected chi connectivity index (χ2v) is 3.02. The maximum atomic E-state index is 10.4. The minimum Gasteiger partial charge on any atom is -0.480 e. The summed E-state index contributed by atoms with van der Waals surface area (Å²) in [5, 5.41) is 11.8. The van der Waals surface area contributed by atoms with Gasteiger partial charge in [-0.1, -0.05) is 0 Å². The molecule has 1 atom stereocenters. The fourth-order valence-electron chi connectivity index (χ4n) is 0.632. The molecule has 0 bridgehead atoms. The molecule has 0 amide bonds. The van der Waals surface area contributed by atoms with E-state index in [4.69, 9.17) is 12.0 Å². The van der Waals surface area contributed by atoms with Crippen LogP contribution in [0, 0.1) is 5.53 Å². The van der Waals surface area contributed by atoms with Gasteiger partial charge in [-0.05, 0) is 20.3 Å². The molecule has 4 N–H and O–H groups in total. The minimum absolute atomic E-state index is 0.134. The number of nitrogens with zero attached hydrogens (tertiary/aromatic N) is 1. The predicted octanol–water partition coefficient (Wildman–Crippen LogP) is 0.598. The normalized spacial score (nSPS) is 15.3. The number of carboxylic acid groups (broad SMARTS) is 1. The molecular formula is C6H13N3O2. The Hall–Kier alpha value is -0.970. The molecule has 0 spiro atoms. The van der Waals surface area contributed by atoms with Crippen molar-refractivity contribution in [1.82, 2.24) is 0 Å². The summed E-state index contributed by atoms with van der Waals surface area (Å²) in [4.78, 5) is 10.4. The highest BCUT2D eigenvalue weighted by Gasteiger charge is 2.24. The van der Waals surface area contributed by atoms with Crippen molar-refractivity contribution in [2.24, 2.45) is 10.8 Å². The SMILES string of the molecule is [2H]N[C@@H](CC(C)(C)N=N)C(=O)O. The number of carbonyl (C=O) groups is 1. The lowest BCUT2D eigenvalue weighted by Gasteiger charge is -2.18. The van der Waals surface area contributed by atoms with Gasteiger partial charge in [-0.25, -0.2) is 5.53 Å². The fraction of sp³-hybridized carbons (Fsp3) is 0.833. The molecule has 0 aliphatic rings. The highest BCUT2D eigenvalue weighted by atomic mass is 16.4. The Morgan fingerprint density at radius 1 is 2.00 bits per heavy atom. The van der Waals surface area contributed by atoms with Crippen LogP contribution in [0.1, 0.15) is 20.3 Å². The van der Waals surface area contributed by atoms with Crippen LogP contribution in [0.15, 0.2) is 5.11 Å². The average Bonchev–Trinajstić information content (AvgIpc) is 2.00. The molecule has 5 heteroatoms. The molecule has 0 aromatic rings. The number of nitrogens with one attached hydrogen (secondary N) is 1. The molecule has 0 aliphatic carbocycles. The predicted molar refractivity (Wildman–Crippen MR) is 39.5 cm³/mol. The summed E-state index contributed by atoms with van der Waals surface area (Å²) in [7, 11) is 0. The summed E-state index contributed by atoms with van der Waals surface area (Å²) in [6.45, 7) is 3.29. The first-order chi connectivity index (χ1) is 5.43. The molecule has 0 aromatic heterocycles. The topological polar surface area (TPSA) is 99.5 Å². The quantitative estimate of drug-likeness (QED) is 0.513. The Bertz CT molecular complexity index is 184. The van der Waals surface area contributed by atoms with Gasteiger partial charge in [0, 0.05) is 0 Å². The maximum Gasteiger partial charge on any atom is 0.320 e. The smallest absolute Gasteiger partial charge is 0.320 e. The van der Waals surface area contributed by atoms with E-state index in [1.807, 2.05) is 5.73 Å². The maximum absolute atomic E-state index is 10.4. The second-order valence-electron chi connectivity index (χ2n) is 3.02. The van der Waals surface area contributed by atoms with E-state index in [0.717, 1.165) is 0 Å². The van der Waals surface area contributed by atoms with Crippen molar-refractivity contribution < 1.29 is 11.3 Å². The van der Waals surface area contributed by atoms with Crippen LogP contribution in [0.5, 0.6) is 0 Å². The van der Waals surface area contributed by atoms with Crippen LogP contribution in [0.2, 0.25) is 1.41 Å². The van der Waals surface area contributed by atoms with Gasteiger partial charge >= 0.3 is 5.97 Å². The first-order valence-electron chi connectivity index (χ1n) is 3.71. The van der Waals surface area contributed by atoms with E-state index in [9.17, 15) is 4.79 Å². The Morgan fingerprint density at radius 2 is 2.55 bits per heavy atom. The molecule has 5 nitrogen and oxygen atoms in total. The molecular weight excluding hydrogens is 146 g/mol. The third-order valence-corrected chi connectivity index (χ3v) is 1.30. The third-order valence-electron chi connectivity index (χ3n) is 1.30. The van der Waals surface area contributed by atoms with Gasteiger partial charge in [0.25, 0.3) is 0 Å². The van der Waals surface area contributed by atoms with E-state index in [0.29, 0.717) is 0 Å². The summed E-state index contributed by atoms with van der Waals surface area (Å²) < 4.78 is 6.71. The van der Waals surface area contributed by atoms with Gasteiger partial charge in [-0.15, -0.1) is 0 Å². The van der Waals surface area contributed by atoms with E-state index < -0.39 is 17.6 Å². The summed E-state index contributed by atoms with van der Waals surface area (Å²) in [6, 6.07) is -0.964. The fourth-order valence-corrected chi connectivity index (χ4v) is 0.632. The van der Waals surface area contributed by atoms with Gasteiger partial charge in [-0.2, -0.15) is 5.11 Å². The van der Waals surface area contributed by atoms with Crippen LogP contribution in [0.4, 0.5) is 0 Å². The number of aliphatic carboxylic acids is 1. The lowest BCUT2D eigenvalue weighted by atomic mass is 9.97. The van der Waals surface area contributed by atoms with Crippen LogP contribution in [0.25, 0.3) is 0 Å². The molecule has 0 aromatic carbocycles. The van der Waals surface area contributed by atoms with Gasteiger partial charge in [-0.3, -0.25) is 4.79 Å². The molecule has 0 fully saturated rings. The van der Waals surface area contributed by atoms with Crippen molar-refractivity contribution in [3.05, 3.63) is 0 Å². The Balaban J connectivity index is 4.20. The van der Waals surface area contributed by atoms with E-state index >= 15 is 0 Å². The van der Waals surface area contributed by atoms with Crippen molar-refractivity contribution >= 4 is 5.97 Å².